The second-order valence-corrected chi connectivity index (χ2v) is 9.66. The van der Waals surface area contributed by atoms with Crippen LogP contribution in [0, 0.1) is 0 Å². The van der Waals surface area contributed by atoms with Crippen molar-refractivity contribution >= 4 is 40.0 Å². The first-order chi connectivity index (χ1) is 18.0. The van der Waals surface area contributed by atoms with Gasteiger partial charge < -0.3 is 14.8 Å². The Morgan fingerprint density at radius 2 is 1.86 bits per heavy atom. The van der Waals surface area contributed by atoms with Gasteiger partial charge in [-0.15, -0.1) is 0 Å². The summed E-state index contributed by atoms with van der Waals surface area (Å²) in [6.45, 7) is 6.60. The fraction of sp³-hybridized carbons (Fsp3) is 0.296. The summed E-state index contributed by atoms with van der Waals surface area (Å²) in [5.41, 5.74) is 3.83. The number of aromatic amines is 1. The molecular weight excluding hydrogens is 513 g/mol. The monoisotopic (exact) mass is 539 g/mol. The Kier molecular flexibility index (Phi) is 7.90. The molecule has 1 aliphatic rings. The van der Waals surface area contributed by atoms with Crippen molar-refractivity contribution in [2.24, 2.45) is 0 Å². The molecular formula is C27H27Cl2N5O3. The van der Waals surface area contributed by atoms with Crippen molar-refractivity contribution in [2.75, 3.05) is 39.4 Å². The maximum atomic E-state index is 12.6. The average molecular weight is 540 g/mol. The van der Waals surface area contributed by atoms with Gasteiger partial charge in [-0.3, -0.25) is 19.8 Å². The van der Waals surface area contributed by atoms with Gasteiger partial charge in [0.25, 0.3) is 5.91 Å². The van der Waals surface area contributed by atoms with Crippen molar-refractivity contribution in [1.29, 1.82) is 0 Å². The Hall–Kier alpha value is -3.17. The normalized spacial score (nSPS) is 15.0. The number of hydrogen-bond acceptors (Lipinski definition) is 6. The quantitative estimate of drug-likeness (QED) is 0.322. The van der Waals surface area contributed by atoms with E-state index in [1.807, 2.05) is 49.4 Å². The molecule has 1 saturated heterocycles. The number of amides is 1. The Morgan fingerprint density at radius 1 is 1.14 bits per heavy atom. The summed E-state index contributed by atoms with van der Waals surface area (Å²) in [6.07, 6.45) is 2.72. The van der Waals surface area contributed by atoms with E-state index in [1.165, 1.54) is 0 Å². The molecule has 1 atom stereocenters. The lowest BCUT2D eigenvalue weighted by molar-refractivity contribution is 0.0383. The van der Waals surface area contributed by atoms with Gasteiger partial charge in [-0.05, 0) is 37.3 Å². The van der Waals surface area contributed by atoms with Crippen LogP contribution >= 0.6 is 23.2 Å². The SMILES string of the molecule is CC(Oc1ccc2[nH]nc(-c3ccc(C(=O)NCCN4CCOCC4)cc3)c2c1)c1c(Cl)cncc1Cl. The molecule has 10 heteroatoms. The van der Waals surface area contributed by atoms with Crippen LogP contribution in [0.15, 0.2) is 54.9 Å². The number of rotatable bonds is 8. The van der Waals surface area contributed by atoms with Crippen LogP contribution in [0.25, 0.3) is 22.2 Å². The summed E-state index contributed by atoms with van der Waals surface area (Å²) >= 11 is 12.6. The van der Waals surface area contributed by atoms with Gasteiger partial charge in [0.2, 0.25) is 0 Å². The molecule has 8 nitrogen and oxygen atoms in total. The first-order valence-corrected chi connectivity index (χ1v) is 12.9. The second-order valence-electron chi connectivity index (χ2n) is 8.84. The highest BCUT2D eigenvalue weighted by Crippen LogP contribution is 2.34. The van der Waals surface area contributed by atoms with Crippen LogP contribution < -0.4 is 10.1 Å². The average Bonchev–Trinajstić information content (AvgIpc) is 3.32. The van der Waals surface area contributed by atoms with Gasteiger partial charge in [0.05, 0.1) is 28.8 Å². The number of ether oxygens (including phenoxy) is 2. The van der Waals surface area contributed by atoms with E-state index in [1.54, 1.807) is 12.4 Å². The molecule has 1 aliphatic heterocycles. The van der Waals surface area contributed by atoms with Gasteiger partial charge >= 0.3 is 0 Å². The molecule has 2 aromatic carbocycles. The molecule has 0 spiro atoms. The minimum atomic E-state index is -0.378. The molecule has 0 saturated carbocycles. The molecule has 0 bridgehead atoms. The fourth-order valence-electron chi connectivity index (χ4n) is 4.39. The van der Waals surface area contributed by atoms with Crippen LogP contribution in [-0.2, 0) is 4.74 Å². The van der Waals surface area contributed by atoms with Crippen LogP contribution in [0.1, 0.15) is 28.9 Å². The summed E-state index contributed by atoms with van der Waals surface area (Å²) in [5.74, 6) is 0.563. The minimum absolute atomic E-state index is 0.0928. The van der Waals surface area contributed by atoms with Gasteiger partial charge in [-0.1, -0.05) is 35.3 Å². The van der Waals surface area contributed by atoms with E-state index in [0.717, 1.165) is 55.0 Å². The van der Waals surface area contributed by atoms with E-state index in [-0.39, 0.29) is 12.0 Å². The van der Waals surface area contributed by atoms with Crippen LogP contribution in [0.3, 0.4) is 0 Å². The highest BCUT2D eigenvalue weighted by atomic mass is 35.5. The number of fused-ring (bicyclic) bond motifs is 1. The van der Waals surface area contributed by atoms with E-state index < -0.39 is 0 Å². The zero-order valence-electron chi connectivity index (χ0n) is 20.3. The van der Waals surface area contributed by atoms with Crippen molar-refractivity contribution in [1.82, 2.24) is 25.4 Å². The molecule has 37 heavy (non-hydrogen) atoms. The van der Waals surface area contributed by atoms with Gasteiger partial charge in [0.1, 0.15) is 17.5 Å². The third-order valence-corrected chi connectivity index (χ3v) is 6.98. The number of halogens is 2. The number of morpholine rings is 1. The highest BCUT2D eigenvalue weighted by molar-refractivity contribution is 6.35. The summed E-state index contributed by atoms with van der Waals surface area (Å²) in [7, 11) is 0. The highest BCUT2D eigenvalue weighted by Gasteiger charge is 2.17. The topological polar surface area (TPSA) is 92.4 Å². The smallest absolute Gasteiger partial charge is 0.251 e. The first-order valence-electron chi connectivity index (χ1n) is 12.1. The standard InChI is InChI=1S/C27H27Cl2N5O3/c1-17(25-22(28)15-30-16-23(25)29)37-20-6-7-24-21(14-20)26(33-32-24)18-2-4-19(5-3-18)27(35)31-8-9-34-10-12-36-13-11-34/h2-7,14-17H,8-13H2,1H3,(H,31,35)(H,32,33). The van der Waals surface area contributed by atoms with E-state index in [4.69, 9.17) is 32.7 Å². The molecule has 2 N–H and O–H groups in total. The molecule has 0 aliphatic carbocycles. The Bertz CT molecular complexity index is 1370. The van der Waals surface area contributed by atoms with Gasteiger partial charge in [-0.2, -0.15) is 5.10 Å². The van der Waals surface area contributed by atoms with Crippen molar-refractivity contribution in [3.8, 4) is 17.0 Å². The van der Waals surface area contributed by atoms with E-state index in [0.29, 0.717) is 33.5 Å². The van der Waals surface area contributed by atoms with E-state index in [9.17, 15) is 4.79 Å². The van der Waals surface area contributed by atoms with E-state index >= 15 is 0 Å². The van der Waals surface area contributed by atoms with Crippen LogP contribution in [0.2, 0.25) is 10.0 Å². The van der Waals surface area contributed by atoms with Gasteiger partial charge in [-0.25, -0.2) is 0 Å². The molecule has 1 amide bonds. The zero-order valence-corrected chi connectivity index (χ0v) is 21.9. The predicted octanol–water partition coefficient (Wildman–Crippen LogP) is 5.13. The lowest BCUT2D eigenvalue weighted by Gasteiger charge is -2.26. The summed E-state index contributed by atoms with van der Waals surface area (Å²) in [5, 5.41) is 12.4. The van der Waals surface area contributed by atoms with Crippen LogP contribution in [0.5, 0.6) is 5.75 Å². The number of carbonyl (C=O) groups is 1. The number of carbonyl (C=O) groups excluding carboxylic acids is 1. The molecule has 5 rings (SSSR count). The van der Waals surface area contributed by atoms with Crippen LogP contribution in [0.4, 0.5) is 0 Å². The van der Waals surface area contributed by atoms with Gasteiger partial charge in [0, 0.05) is 60.6 Å². The molecule has 0 radical (unpaired) electrons. The lowest BCUT2D eigenvalue weighted by Crippen LogP contribution is -2.41. The van der Waals surface area contributed by atoms with Crippen molar-refractivity contribution in [2.45, 2.75) is 13.0 Å². The largest absolute Gasteiger partial charge is 0.486 e. The molecule has 1 fully saturated rings. The van der Waals surface area contributed by atoms with Crippen LogP contribution in [-0.4, -0.2) is 65.4 Å². The molecule has 3 heterocycles. The van der Waals surface area contributed by atoms with Crippen molar-refractivity contribution in [3.63, 3.8) is 0 Å². The molecule has 2 aromatic heterocycles. The predicted molar refractivity (Wildman–Crippen MR) is 144 cm³/mol. The maximum absolute atomic E-state index is 12.6. The Balaban J connectivity index is 1.27. The summed E-state index contributed by atoms with van der Waals surface area (Å²) in [4.78, 5) is 18.9. The zero-order chi connectivity index (χ0) is 25.8. The third kappa shape index (κ3) is 5.88. The van der Waals surface area contributed by atoms with E-state index in [2.05, 4.69) is 25.4 Å². The first kappa shape index (κ1) is 25.5. The number of benzene rings is 2. The number of aromatic nitrogens is 3. The Morgan fingerprint density at radius 3 is 2.59 bits per heavy atom. The maximum Gasteiger partial charge on any atom is 0.251 e. The number of nitrogens with one attached hydrogen (secondary N) is 2. The number of pyridine rings is 1. The third-order valence-electron chi connectivity index (χ3n) is 6.38. The number of H-pyrrole nitrogens is 1. The summed E-state index contributed by atoms with van der Waals surface area (Å²) < 4.78 is 11.5. The Labute approximate surface area is 224 Å². The lowest BCUT2D eigenvalue weighted by atomic mass is 10.1. The molecule has 4 aromatic rings. The van der Waals surface area contributed by atoms with Crippen molar-refractivity contribution < 1.29 is 14.3 Å². The van der Waals surface area contributed by atoms with Gasteiger partial charge in [0.15, 0.2) is 0 Å². The summed E-state index contributed by atoms with van der Waals surface area (Å²) in [6, 6.07) is 13.2. The molecule has 192 valence electrons. The fourth-order valence-corrected chi connectivity index (χ4v) is 5.07. The molecule has 1 unspecified atom stereocenters. The van der Waals surface area contributed by atoms with Crippen molar-refractivity contribution in [3.05, 3.63) is 76.0 Å². The number of hydrogen-bond donors (Lipinski definition) is 2. The second kappa shape index (κ2) is 11.5. The minimum Gasteiger partial charge on any atom is -0.486 e. The number of nitrogens with zero attached hydrogens (tertiary/aromatic N) is 3.